The Morgan fingerprint density at radius 2 is 2.02 bits per heavy atom. The monoisotopic (exact) mass is 550 g/mol. The molecular weight excluding hydrogens is 524 g/mol. The molecule has 5 heterocycles. The van der Waals surface area contributed by atoms with E-state index in [1.165, 1.54) is 0 Å². The number of rotatable bonds is 7. The second-order valence-corrected chi connectivity index (χ2v) is 10.8. The minimum atomic E-state index is -0.395. The predicted molar refractivity (Wildman–Crippen MR) is 154 cm³/mol. The molecule has 3 aromatic heterocycles. The van der Waals surface area contributed by atoms with E-state index in [0.29, 0.717) is 40.3 Å². The number of hydrogen-bond donors (Lipinski definition) is 3. The van der Waals surface area contributed by atoms with E-state index in [1.54, 1.807) is 18.3 Å². The van der Waals surface area contributed by atoms with Crippen LogP contribution in [0.3, 0.4) is 0 Å². The topological polar surface area (TPSA) is 140 Å². The normalized spacial score (nSPS) is 17.0. The Bertz CT molecular complexity index is 1670. The number of H-pyrrole nitrogens is 1. The average Bonchev–Trinajstić information content (AvgIpc) is 3.58. The van der Waals surface area contributed by atoms with Crippen LogP contribution >= 0.6 is 11.8 Å². The lowest BCUT2D eigenvalue weighted by Crippen LogP contribution is -2.38. The fourth-order valence-electron chi connectivity index (χ4n) is 5.03. The van der Waals surface area contributed by atoms with E-state index < -0.39 is 5.91 Å². The van der Waals surface area contributed by atoms with Crippen molar-refractivity contribution < 1.29 is 9.59 Å². The van der Waals surface area contributed by atoms with Gasteiger partial charge in [-0.15, -0.1) is 0 Å². The summed E-state index contributed by atoms with van der Waals surface area (Å²) in [7, 11) is 0. The zero-order chi connectivity index (χ0) is 27.5. The first-order valence-electron chi connectivity index (χ1n) is 13.1. The molecule has 0 spiro atoms. The number of nitrogens with one attached hydrogen (secondary N) is 3. The number of carbonyl (C=O) groups is 2. The van der Waals surface area contributed by atoms with Crippen molar-refractivity contribution in [1.29, 1.82) is 5.26 Å². The number of fused-ring (bicyclic) bond motifs is 1. The second-order valence-electron chi connectivity index (χ2n) is 9.83. The molecule has 0 bridgehead atoms. The van der Waals surface area contributed by atoms with Crippen LogP contribution in [0.25, 0.3) is 28.2 Å². The summed E-state index contributed by atoms with van der Waals surface area (Å²) in [6.07, 6.45) is 9.03. The van der Waals surface area contributed by atoms with Gasteiger partial charge in [-0.05, 0) is 79.0 Å². The molecule has 0 aliphatic carbocycles. The van der Waals surface area contributed by atoms with Crippen LogP contribution in [0.5, 0.6) is 0 Å². The van der Waals surface area contributed by atoms with E-state index in [1.807, 2.05) is 42.7 Å². The molecule has 0 radical (unpaired) electrons. The lowest BCUT2D eigenvalue weighted by Gasteiger charge is -2.32. The van der Waals surface area contributed by atoms with Crippen LogP contribution in [0, 0.1) is 17.2 Å². The summed E-state index contributed by atoms with van der Waals surface area (Å²) >= 11 is 0.878. The van der Waals surface area contributed by atoms with Gasteiger partial charge in [0.05, 0.1) is 21.9 Å². The van der Waals surface area contributed by atoms with Crippen LogP contribution in [0.1, 0.15) is 29.7 Å². The van der Waals surface area contributed by atoms with Crippen molar-refractivity contribution in [2.45, 2.75) is 19.4 Å². The minimum Gasteiger partial charge on any atom is -0.361 e. The molecule has 2 aliphatic rings. The predicted octanol–water partition coefficient (Wildman–Crippen LogP) is 4.22. The summed E-state index contributed by atoms with van der Waals surface area (Å²) in [4.78, 5) is 42.5. The summed E-state index contributed by atoms with van der Waals surface area (Å²) in [6.45, 7) is 3.18. The molecule has 40 heavy (non-hydrogen) atoms. The Hall–Kier alpha value is -4.53. The summed E-state index contributed by atoms with van der Waals surface area (Å²) < 4.78 is 0. The molecule has 3 N–H and O–H groups in total. The maximum atomic E-state index is 11.8. The van der Waals surface area contributed by atoms with Crippen molar-refractivity contribution in [3.8, 4) is 17.3 Å². The van der Waals surface area contributed by atoms with Gasteiger partial charge in [-0.3, -0.25) is 19.9 Å². The van der Waals surface area contributed by atoms with E-state index >= 15 is 0 Å². The Balaban J connectivity index is 1.02. The second kappa shape index (κ2) is 11.3. The van der Waals surface area contributed by atoms with Crippen LogP contribution in [0.4, 0.5) is 10.7 Å². The van der Waals surface area contributed by atoms with Crippen molar-refractivity contribution in [3.05, 3.63) is 76.7 Å². The highest BCUT2D eigenvalue weighted by atomic mass is 32.2. The highest BCUT2D eigenvalue weighted by Crippen LogP contribution is 2.27. The van der Waals surface area contributed by atoms with Gasteiger partial charge < -0.3 is 15.2 Å². The third-order valence-electron chi connectivity index (χ3n) is 7.14. The SMILES string of the molecule is N#Cc1cc(CNCC2CCN(c3nccc(C=C4SC(=O)NC4=O)n3)CC2)cnc1-c1ccc2[nH]ccc2c1. The minimum absolute atomic E-state index is 0.337. The quantitative estimate of drug-likeness (QED) is 0.289. The maximum Gasteiger partial charge on any atom is 0.290 e. The van der Waals surface area contributed by atoms with Crippen LogP contribution in [-0.4, -0.2) is 50.7 Å². The zero-order valence-electron chi connectivity index (χ0n) is 21.6. The number of pyridine rings is 1. The summed E-state index contributed by atoms with van der Waals surface area (Å²) in [5.41, 5.74) is 4.83. The molecule has 200 valence electrons. The third-order valence-corrected chi connectivity index (χ3v) is 7.95. The number of benzene rings is 1. The molecule has 2 fully saturated rings. The van der Waals surface area contributed by atoms with E-state index in [4.69, 9.17) is 0 Å². The first-order valence-corrected chi connectivity index (χ1v) is 13.9. The molecule has 2 saturated heterocycles. The number of anilines is 1. The maximum absolute atomic E-state index is 11.8. The van der Waals surface area contributed by atoms with E-state index in [0.717, 1.165) is 66.3 Å². The molecule has 11 heteroatoms. The van der Waals surface area contributed by atoms with Gasteiger partial charge in [0.15, 0.2) is 0 Å². The first-order chi connectivity index (χ1) is 19.6. The van der Waals surface area contributed by atoms with Crippen molar-refractivity contribution >= 4 is 45.8 Å². The molecule has 10 nitrogen and oxygen atoms in total. The number of nitrogens with zero attached hydrogens (tertiary/aromatic N) is 5. The van der Waals surface area contributed by atoms with Gasteiger partial charge in [-0.1, -0.05) is 6.07 Å². The number of carbonyl (C=O) groups excluding carboxylic acids is 2. The lowest BCUT2D eigenvalue weighted by molar-refractivity contribution is -0.115. The van der Waals surface area contributed by atoms with E-state index in [2.05, 4.69) is 41.5 Å². The Morgan fingerprint density at radius 1 is 1.15 bits per heavy atom. The van der Waals surface area contributed by atoms with Crippen molar-refractivity contribution in [3.63, 3.8) is 0 Å². The number of hydrogen-bond acceptors (Lipinski definition) is 9. The number of aromatic nitrogens is 4. The van der Waals surface area contributed by atoms with E-state index in [9.17, 15) is 14.9 Å². The highest BCUT2D eigenvalue weighted by molar-refractivity contribution is 8.18. The van der Waals surface area contributed by atoms with Crippen LogP contribution in [0.15, 0.2) is 59.9 Å². The van der Waals surface area contributed by atoms with Gasteiger partial charge in [0, 0.05) is 54.7 Å². The molecular formula is C29H26N8O2S. The Labute approximate surface area is 234 Å². The lowest BCUT2D eigenvalue weighted by atomic mass is 9.97. The number of amides is 2. The molecule has 6 rings (SSSR count). The Morgan fingerprint density at radius 3 is 2.83 bits per heavy atom. The first kappa shape index (κ1) is 25.7. The van der Waals surface area contributed by atoms with E-state index in [-0.39, 0.29) is 5.24 Å². The van der Waals surface area contributed by atoms with Gasteiger partial charge in [0.2, 0.25) is 5.95 Å². The standard InChI is InChI=1S/C29H26N8O2S/c30-14-22-11-19(17-34-26(22)21-1-2-24-20(12-21)3-7-32-24)16-31-15-18-5-9-37(10-6-18)28-33-8-4-23(35-28)13-25-27(38)36-29(39)40-25/h1-4,7-8,11-13,17-18,31-32H,5-6,9-10,15-16H2,(H,36,38,39). The van der Waals surface area contributed by atoms with Gasteiger partial charge in [0.1, 0.15) is 6.07 Å². The van der Waals surface area contributed by atoms with Crippen molar-refractivity contribution in [2.75, 3.05) is 24.5 Å². The Kier molecular flexibility index (Phi) is 7.27. The smallest absolute Gasteiger partial charge is 0.290 e. The largest absolute Gasteiger partial charge is 0.361 e. The third kappa shape index (κ3) is 5.59. The van der Waals surface area contributed by atoms with Crippen molar-refractivity contribution in [1.82, 2.24) is 30.6 Å². The van der Waals surface area contributed by atoms with Gasteiger partial charge >= 0.3 is 0 Å². The number of nitriles is 1. The number of imide groups is 1. The zero-order valence-corrected chi connectivity index (χ0v) is 22.4. The van der Waals surface area contributed by atoms with Crippen molar-refractivity contribution in [2.24, 2.45) is 5.92 Å². The molecule has 0 atom stereocenters. The van der Waals surface area contributed by atoms with Gasteiger partial charge in [-0.2, -0.15) is 5.26 Å². The van der Waals surface area contributed by atoms with Crippen LogP contribution in [0.2, 0.25) is 0 Å². The molecule has 4 aromatic rings. The number of piperidine rings is 1. The number of thioether (sulfide) groups is 1. The van der Waals surface area contributed by atoms with Gasteiger partial charge in [-0.25, -0.2) is 9.97 Å². The fourth-order valence-corrected chi connectivity index (χ4v) is 5.70. The van der Waals surface area contributed by atoms with Gasteiger partial charge in [0.25, 0.3) is 11.1 Å². The summed E-state index contributed by atoms with van der Waals surface area (Å²) in [5.74, 6) is 0.747. The molecule has 2 aliphatic heterocycles. The fraction of sp³-hybridized carbons (Fsp3) is 0.241. The molecule has 2 amide bonds. The number of aromatic amines is 1. The highest BCUT2D eigenvalue weighted by Gasteiger charge is 2.26. The summed E-state index contributed by atoms with van der Waals surface area (Å²) in [5, 5.41) is 16.3. The molecule has 1 aromatic carbocycles. The molecule has 0 saturated carbocycles. The molecule has 0 unspecified atom stereocenters. The van der Waals surface area contributed by atoms with Crippen LogP contribution in [-0.2, 0) is 11.3 Å². The van der Waals surface area contributed by atoms with Crippen LogP contribution < -0.4 is 15.5 Å². The summed E-state index contributed by atoms with van der Waals surface area (Å²) in [6, 6.07) is 14.0. The average molecular weight is 551 g/mol.